The van der Waals surface area contributed by atoms with Crippen molar-refractivity contribution in [2.75, 3.05) is 34.0 Å². The molecule has 0 aliphatic carbocycles. The number of hydrogen-bond acceptors (Lipinski definition) is 9. The molecule has 1 aromatic rings. The van der Waals surface area contributed by atoms with Gasteiger partial charge in [-0.1, -0.05) is 15.9 Å². The molecule has 0 bridgehead atoms. The highest BCUT2D eigenvalue weighted by Crippen LogP contribution is 2.38. The van der Waals surface area contributed by atoms with Crippen LogP contribution in [0.2, 0.25) is 0 Å². The van der Waals surface area contributed by atoms with E-state index in [2.05, 4.69) is 20.7 Å². The SMILES string of the molecule is CCOC(=O)COc1cc(Br)c(C=C2SC(=O)N(CC(=O)OC)C2=O)cc1OC. The van der Waals surface area contributed by atoms with Crippen LogP contribution in [0.1, 0.15) is 12.5 Å². The summed E-state index contributed by atoms with van der Waals surface area (Å²) >= 11 is 4.08. The first-order valence-corrected chi connectivity index (χ1v) is 9.89. The zero-order chi connectivity index (χ0) is 21.6. The summed E-state index contributed by atoms with van der Waals surface area (Å²) in [4.78, 5) is 48.3. The van der Waals surface area contributed by atoms with Gasteiger partial charge in [0, 0.05) is 4.47 Å². The van der Waals surface area contributed by atoms with Gasteiger partial charge in [0.2, 0.25) is 0 Å². The second-order valence-corrected chi connectivity index (χ2v) is 7.31. The van der Waals surface area contributed by atoms with Crippen LogP contribution in [0.5, 0.6) is 11.5 Å². The van der Waals surface area contributed by atoms with E-state index < -0.39 is 29.6 Å². The third kappa shape index (κ3) is 5.73. The molecule has 1 heterocycles. The fraction of sp³-hybridized carbons (Fsp3) is 0.333. The van der Waals surface area contributed by atoms with E-state index in [0.717, 1.165) is 4.90 Å². The lowest BCUT2D eigenvalue weighted by Gasteiger charge is -2.12. The smallest absolute Gasteiger partial charge is 0.344 e. The summed E-state index contributed by atoms with van der Waals surface area (Å²) in [6, 6.07) is 3.15. The molecule has 9 nitrogen and oxygen atoms in total. The molecule has 0 unspecified atom stereocenters. The second kappa shape index (κ2) is 10.3. The summed E-state index contributed by atoms with van der Waals surface area (Å²) in [5.41, 5.74) is 0.536. The van der Waals surface area contributed by atoms with Crippen molar-refractivity contribution < 1.29 is 38.1 Å². The Morgan fingerprint density at radius 3 is 2.52 bits per heavy atom. The maximum Gasteiger partial charge on any atom is 0.344 e. The van der Waals surface area contributed by atoms with Gasteiger partial charge in [-0.3, -0.25) is 19.3 Å². The monoisotopic (exact) mass is 487 g/mol. The Balaban J connectivity index is 2.24. The average molecular weight is 488 g/mol. The van der Waals surface area contributed by atoms with Crippen molar-refractivity contribution in [3.05, 3.63) is 27.1 Å². The molecular formula is C18H18BrNO8S. The van der Waals surface area contributed by atoms with E-state index in [0.29, 0.717) is 33.3 Å². The van der Waals surface area contributed by atoms with Gasteiger partial charge in [0.25, 0.3) is 11.1 Å². The molecule has 1 saturated heterocycles. The number of imide groups is 1. The lowest BCUT2D eigenvalue weighted by atomic mass is 10.2. The van der Waals surface area contributed by atoms with E-state index >= 15 is 0 Å². The molecule has 2 rings (SSSR count). The van der Waals surface area contributed by atoms with Crippen LogP contribution >= 0.6 is 27.7 Å². The summed E-state index contributed by atoms with van der Waals surface area (Å²) in [6.07, 6.45) is 1.49. The molecule has 0 aromatic heterocycles. The number of ether oxygens (including phenoxy) is 4. The van der Waals surface area contributed by atoms with Crippen molar-refractivity contribution in [2.24, 2.45) is 0 Å². The van der Waals surface area contributed by atoms with Crippen molar-refractivity contribution in [2.45, 2.75) is 6.92 Å². The quantitative estimate of drug-likeness (QED) is 0.403. The first-order chi connectivity index (χ1) is 13.8. The summed E-state index contributed by atoms with van der Waals surface area (Å²) < 4.78 is 20.5. The van der Waals surface area contributed by atoms with Gasteiger partial charge >= 0.3 is 11.9 Å². The molecule has 0 atom stereocenters. The predicted octanol–water partition coefficient (Wildman–Crippen LogP) is 2.61. The Morgan fingerprint density at radius 2 is 1.90 bits per heavy atom. The number of rotatable bonds is 8. The van der Waals surface area contributed by atoms with Crippen LogP contribution < -0.4 is 9.47 Å². The van der Waals surface area contributed by atoms with E-state index in [1.165, 1.54) is 20.3 Å². The molecule has 0 radical (unpaired) electrons. The number of amides is 2. The number of hydrogen-bond donors (Lipinski definition) is 0. The Kier molecular flexibility index (Phi) is 8.09. The van der Waals surface area contributed by atoms with Gasteiger partial charge < -0.3 is 18.9 Å². The van der Waals surface area contributed by atoms with Crippen molar-refractivity contribution in [3.63, 3.8) is 0 Å². The second-order valence-electron chi connectivity index (χ2n) is 5.46. The highest BCUT2D eigenvalue weighted by Gasteiger charge is 2.36. The van der Waals surface area contributed by atoms with Gasteiger partial charge in [0.15, 0.2) is 18.1 Å². The Morgan fingerprint density at radius 1 is 1.17 bits per heavy atom. The van der Waals surface area contributed by atoms with Crippen molar-refractivity contribution in [1.29, 1.82) is 0 Å². The summed E-state index contributed by atoms with van der Waals surface area (Å²) in [7, 11) is 2.60. The standard InChI is InChI=1S/C18H18BrNO8S/c1-4-27-16(22)9-28-13-7-11(19)10(5-12(13)25-2)6-14-17(23)20(18(24)29-14)8-15(21)26-3/h5-7H,4,8-9H2,1-3H3. The van der Waals surface area contributed by atoms with E-state index in [9.17, 15) is 19.2 Å². The molecule has 156 valence electrons. The van der Waals surface area contributed by atoms with Gasteiger partial charge in [-0.2, -0.15) is 0 Å². The van der Waals surface area contributed by atoms with Crippen LogP contribution in [0.4, 0.5) is 4.79 Å². The van der Waals surface area contributed by atoms with E-state index in [4.69, 9.17) is 14.2 Å². The van der Waals surface area contributed by atoms with Gasteiger partial charge in [0.05, 0.1) is 25.7 Å². The highest BCUT2D eigenvalue weighted by atomic mass is 79.9. The van der Waals surface area contributed by atoms with Crippen molar-refractivity contribution in [1.82, 2.24) is 4.90 Å². The first-order valence-electron chi connectivity index (χ1n) is 8.28. The minimum absolute atomic E-state index is 0.141. The molecule has 1 aliphatic heterocycles. The third-order valence-corrected chi connectivity index (χ3v) is 5.20. The molecule has 1 aromatic carbocycles. The topological polar surface area (TPSA) is 108 Å². The van der Waals surface area contributed by atoms with Crippen LogP contribution in [0.3, 0.4) is 0 Å². The normalized spacial score (nSPS) is 14.9. The maximum absolute atomic E-state index is 12.4. The highest BCUT2D eigenvalue weighted by molar-refractivity contribution is 9.10. The Hall–Kier alpha value is -2.53. The zero-order valence-electron chi connectivity index (χ0n) is 15.9. The van der Waals surface area contributed by atoms with Crippen LogP contribution in [0, 0.1) is 0 Å². The Bertz CT molecular complexity index is 870. The fourth-order valence-electron chi connectivity index (χ4n) is 2.24. The number of carbonyl (C=O) groups is 4. The van der Waals surface area contributed by atoms with Crippen LogP contribution in [0.25, 0.3) is 6.08 Å². The molecular weight excluding hydrogens is 470 g/mol. The molecule has 29 heavy (non-hydrogen) atoms. The van der Waals surface area contributed by atoms with Crippen molar-refractivity contribution in [3.8, 4) is 11.5 Å². The predicted molar refractivity (Wildman–Crippen MR) is 108 cm³/mol. The lowest BCUT2D eigenvalue weighted by Crippen LogP contribution is -2.34. The largest absolute Gasteiger partial charge is 0.493 e. The molecule has 1 aliphatic rings. The maximum atomic E-state index is 12.4. The van der Waals surface area contributed by atoms with E-state index in [1.807, 2.05) is 0 Å². The molecule has 0 spiro atoms. The molecule has 11 heteroatoms. The number of thioether (sulfide) groups is 1. The first kappa shape index (κ1) is 22.8. The molecule has 0 saturated carbocycles. The number of methoxy groups -OCH3 is 2. The van der Waals surface area contributed by atoms with Gasteiger partial charge in [-0.25, -0.2) is 4.79 Å². The number of halogens is 1. The lowest BCUT2D eigenvalue weighted by molar-refractivity contribution is -0.145. The minimum Gasteiger partial charge on any atom is -0.493 e. The summed E-state index contributed by atoms with van der Waals surface area (Å²) in [5, 5.41) is -0.566. The summed E-state index contributed by atoms with van der Waals surface area (Å²) in [6.45, 7) is 1.19. The van der Waals surface area contributed by atoms with Gasteiger partial charge in [-0.15, -0.1) is 0 Å². The van der Waals surface area contributed by atoms with E-state index in [-0.39, 0.29) is 18.1 Å². The van der Waals surface area contributed by atoms with Gasteiger partial charge in [-0.05, 0) is 42.5 Å². The van der Waals surface area contributed by atoms with E-state index in [1.54, 1.807) is 19.1 Å². The van der Waals surface area contributed by atoms with Crippen molar-refractivity contribution >= 4 is 56.9 Å². The Labute approximate surface area is 179 Å². The number of nitrogens with zero attached hydrogens (tertiary/aromatic N) is 1. The third-order valence-electron chi connectivity index (χ3n) is 3.61. The zero-order valence-corrected chi connectivity index (χ0v) is 18.3. The van der Waals surface area contributed by atoms with Crippen LogP contribution in [-0.4, -0.2) is 62.0 Å². The minimum atomic E-state index is -0.695. The number of esters is 2. The number of carbonyl (C=O) groups excluding carboxylic acids is 4. The summed E-state index contributed by atoms with van der Waals surface area (Å²) in [5.74, 6) is -1.20. The number of benzene rings is 1. The molecule has 0 N–H and O–H groups in total. The van der Waals surface area contributed by atoms with Crippen LogP contribution in [0.15, 0.2) is 21.5 Å². The van der Waals surface area contributed by atoms with Gasteiger partial charge in [0.1, 0.15) is 6.54 Å². The van der Waals surface area contributed by atoms with Crippen LogP contribution in [-0.2, 0) is 23.9 Å². The fourth-order valence-corrected chi connectivity index (χ4v) is 3.51. The average Bonchev–Trinajstić information content (AvgIpc) is 2.95. The molecule has 2 amide bonds. The molecule has 1 fully saturated rings.